The summed E-state index contributed by atoms with van der Waals surface area (Å²) in [6.07, 6.45) is 7.51. The number of sulfonamides is 1. The van der Waals surface area contributed by atoms with E-state index in [0.717, 1.165) is 11.1 Å². The molecule has 2 aromatic rings. The number of carboxylic acid groups (broad SMARTS) is 1. The molecule has 0 aliphatic heterocycles. The van der Waals surface area contributed by atoms with Crippen LogP contribution in [-0.2, 0) is 34.3 Å². The van der Waals surface area contributed by atoms with Crippen molar-refractivity contribution >= 4 is 16.0 Å². The average molecular weight is 440 g/mol. The molecule has 0 atom stereocenters. The van der Waals surface area contributed by atoms with Gasteiger partial charge >= 0.3 is 35.5 Å². The van der Waals surface area contributed by atoms with Gasteiger partial charge in [-0.05, 0) is 41.0 Å². The minimum Gasteiger partial charge on any atom is -1.00 e. The maximum atomic E-state index is 12.3. The Morgan fingerprint density at radius 3 is 2.20 bits per heavy atom. The van der Waals surface area contributed by atoms with Gasteiger partial charge in [0, 0.05) is 13.1 Å². The summed E-state index contributed by atoms with van der Waals surface area (Å²) in [5.41, 5.74) is 3.76. The number of rotatable bonds is 8. The van der Waals surface area contributed by atoms with E-state index in [-0.39, 0.29) is 43.9 Å². The molecule has 1 aliphatic carbocycles. The van der Waals surface area contributed by atoms with Gasteiger partial charge in [0.25, 0.3) is 0 Å². The fraction of sp³-hybridized carbons (Fsp3) is 0.435. The molecule has 158 valence electrons. The molecule has 0 bridgehead atoms. The smallest absolute Gasteiger partial charge is 1.00 e. The summed E-state index contributed by atoms with van der Waals surface area (Å²) in [6.45, 7) is 0.517. The Morgan fingerprint density at radius 2 is 1.60 bits per heavy atom. The van der Waals surface area contributed by atoms with Crippen LogP contribution in [0.3, 0.4) is 0 Å². The Balaban J connectivity index is 0.00000240. The summed E-state index contributed by atoms with van der Waals surface area (Å²) in [4.78, 5) is 10.9. The molecule has 1 N–H and O–H groups in total. The fourth-order valence-corrected chi connectivity index (χ4v) is 4.81. The van der Waals surface area contributed by atoms with Crippen LogP contribution >= 0.6 is 0 Å². The molecule has 0 aromatic heterocycles. The molecular weight excluding hydrogens is 409 g/mol. The van der Waals surface area contributed by atoms with E-state index in [1.807, 2.05) is 18.2 Å². The van der Waals surface area contributed by atoms with Crippen LogP contribution in [0.5, 0.6) is 0 Å². The molecule has 2 aromatic carbocycles. The predicted molar refractivity (Wildman–Crippen MR) is 115 cm³/mol. The zero-order valence-electron chi connectivity index (χ0n) is 18.9. The Labute approximate surface area is 203 Å². The molecule has 7 heteroatoms. The number of carbonyl (C=O) groups is 1. The average Bonchev–Trinajstić information content (AvgIpc) is 2.68. The van der Waals surface area contributed by atoms with Gasteiger partial charge in [-0.3, -0.25) is 4.79 Å². The molecule has 30 heavy (non-hydrogen) atoms. The summed E-state index contributed by atoms with van der Waals surface area (Å²) in [7, 11) is -3.41. The fourth-order valence-electron chi connectivity index (χ4n) is 4.04. The van der Waals surface area contributed by atoms with Crippen molar-refractivity contribution in [3.05, 3.63) is 70.8 Å². The Hall–Kier alpha value is -1.18. The topological polar surface area (TPSA) is 74.7 Å². The molecule has 0 radical (unpaired) electrons. The van der Waals surface area contributed by atoms with E-state index in [0.29, 0.717) is 18.0 Å². The summed E-state index contributed by atoms with van der Waals surface area (Å²) in [5, 5.41) is 8.97. The van der Waals surface area contributed by atoms with Crippen molar-refractivity contribution in [3.8, 4) is 0 Å². The van der Waals surface area contributed by atoms with Gasteiger partial charge in [-0.15, -0.1) is 0 Å². The molecule has 5 nitrogen and oxygen atoms in total. The molecular formula is C23H30NNaO4S. The molecule has 1 fully saturated rings. The minimum atomic E-state index is -3.41. The Bertz CT molecular complexity index is 944. The van der Waals surface area contributed by atoms with Crippen LogP contribution in [0.1, 0.15) is 61.7 Å². The van der Waals surface area contributed by atoms with Gasteiger partial charge in [-0.2, -0.15) is 4.31 Å². The standard InChI is InChI=1S/C23H29NO4S.Na.H/c1-29(27,28)24(17-20-7-5-6-19(14-20)15-23(25)26)16-18-10-12-22(13-11-18)21-8-3-2-4-9-21;;/h5-7,10-14,21H,2-4,8-9,15-17H2,1H3,(H,25,26);;/q;+1;-1. The first kappa shape index (κ1) is 25.1. The van der Waals surface area contributed by atoms with Crippen LogP contribution in [0.4, 0.5) is 0 Å². The number of aliphatic carboxylic acids is 1. The van der Waals surface area contributed by atoms with Crippen molar-refractivity contribution in [3.63, 3.8) is 0 Å². The number of carboxylic acids is 1. The zero-order valence-corrected chi connectivity index (χ0v) is 20.7. The summed E-state index contributed by atoms with van der Waals surface area (Å²) < 4.78 is 26.1. The molecule has 1 aliphatic rings. The number of benzene rings is 2. The summed E-state index contributed by atoms with van der Waals surface area (Å²) >= 11 is 0. The van der Waals surface area contributed by atoms with Crippen molar-refractivity contribution in [1.29, 1.82) is 0 Å². The first-order valence-electron chi connectivity index (χ1n) is 10.1. The van der Waals surface area contributed by atoms with Gasteiger partial charge in [0.2, 0.25) is 10.0 Å². The molecule has 0 heterocycles. The van der Waals surface area contributed by atoms with E-state index in [1.54, 1.807) is 18.2 Å². The molecule has 0 spiro atoms. The van der Waals surface area contributed by atoms with Crippen LogP contribution in [0.2, 0.25) is 0 Å². The number of nitrogens with zero attached hydrogens (tertiary/aromatic N) is 1. The minimum absolute atomic E-state index is 0. The number of hydrogen-bond acceptors (Lipinski definition) is 3. The quantitative estimate of drug-likeness (QED) is 0.632. The van der Waals surface area contributed by atoms with Gasteiger partial charge in [-0.1, -0.05) is 67.8 Å². The predicted octanol–water partition coefficient (Wildman–Crippen LogP) is 1.44. The maximum Gasteiger partial charge on any atom is 1.00 e. The molecule has 0 unspecified atom stereocenters. The van der Waals surface area contributed by atoms with E-state index in [4.69, 9.17) is 5.11 Å². The van der Waals surface area contributed by atoms with Gasteiger partial charge in [-0.25, -0.2) is 8.42 Å². The van der Waals surface area contributed by atoms with E-state index >= 15 is 0 Å². The van der Waals surface area contributed by atoms with Crippen LogP contribution in [0.15, 0.2) is 48.5 Å². The molecule has 0 saturated heterocycles. The van der Waals surface area contributed by atoms with Crippen LogP contribution in [-0.4, -0.2) is 30.1 Å². The Morgan fingerprint density at radius 1 is 1.00 bits per heavy atom. The molecule has 0 amide bonds. The van der Waals surface area contributed by atoms with Crippen LogP contribution < -0.4 is 29.6 Å². The van der Waals surface area contributed by atoms with E-state index < -0.39 is 16.0 Å². The van der Waals surface area contributed by atoms with Crippen molar-refractivity contribution in [1.82, 2.24) is 4.31 Å². The van der Waals surface area contributed by atoms with Crippen molar-refractivity contribution < 1.29 is 49.3 Å². The SMILES string of the molecule is CS(=O)(=O)N(Cc1ccc(C2CCCCC2)cc1)Cc1cccc(CC(=O)O)c1.[H-].[Na+]. The third kappa shape index (κ3) is 7.50. The van der Waals surface area contributed by atoms with Gasteiger partial charge in [0.05, 0.1) is 12.7 Å². The molecule has 3 rings (SSSR count). The second-order valence-corrected chi connectivity index (χ2v) is 9.98. The third-order valence-electron chi connectivity index (χ3n) is 5.59. The van der Waals surface area contributed by atoms with Crippen molar-refractivity contribution in [2.24, 2.45) is 0 Å². The third-order valence-corrected chi connectivity index (χ3v) is 6.79. The first-order chi connectivity index (χ1) is 13.8. The second-order valence-electron chi connectivity index (χ2n) is 8.00. The Kier molecular flexibility index (Phi) is 9.57. The largest absolute Gasteiger partial charge is 1.00 e. The van der Waals surface area contributed by atoms with E-state index in [2.05, 4.69) is 12.1 Å². The first-order valence-corrected chi connectivity index (χ1v) is 12.0. The monoisotopic (exact) mass is 439 g/mol. The van der Waals surface area contributed by atoms with Gasteiger partial charge < -0.3 is 6.53 Å². The zero-order chi connectivity index (χ0) is 20.9. The summed E-state index contributed by atoms with van der Waals surface area (Å²) in [6, 6.07) is 15.4. The van der Waals surface area contributed by atoms with Gasteiger partial charge in [0.1, 0.15) is 0 Å². The van der Waals surface area contributed by atoms with Crippen LogP contribution in [0, 0.1) is 0 Å². The van der Waals surface area contributed by atoms with Crippen molar-refractivity contribution in [2.75, 3.05) is 6.26 Å². The number of hydrogen-bond donors (Lipinski definition) is 1. The van der Waals surface area contributed by atoms with E-state index in [9.17, 15) is 13.2 Å². The second kappa shape index (κ2) is 11.4. The van der Waals surface area contributed by atoms with Crippen molar-refractivity contribution in [2.45, 2.75) is 57.5 Å². The van der Waals surface area contributed by atoms with Gasteiger partial charge in [0.15, 0.2) is 0 Å². The molecule has 1 saturated carbocycles. The normalized spacial score (nSPS) is 15.0. The van der Waals surface area contributed by atoms with Crippen LogP contribution in [0.25, 0.3) is 0 Å². The maximum absolute atomic E-state index is 12.3. The summed E-state index contributed by atoms with van der Waals surface area (Å²) in [5.74, 6) is -0.277. The van der Waals surface area contributed by atoms with E-state index in [1.165, 1.54) is 48.2 Å².